The highest BCUT2D eigenvalue weighted by atomic mass is 19.1. The van der Waals surface area contributed by atoms with Crippen LogP contribution in [0.4, 0.5) is 10.2 Å². The summed E-state index contributed by atoms with van der Waals surface area (Å²) in [5.41, 5.74) is 2.38. The number of amides is 1. The van der Waals surface area contributed by atoms with Crippen molar-refractivity contribution in [3.05, 3.63) is 52.7 Å². The second-order valence-electron chi connectivity index (χ2n) is 8.66. The Hall–Kier alpha value is -2.50. The van der Waals surface area contributed by atoms with E-state index in [9.17, 15) is 9.18 Å². The van der Waals surface area contributed by atoms with E-state index in [-0.39, 0.29) is 17.1 Å². The lowest BCUT2D eigenvalue weighted by molar-refractivity contribution is -0.131. The zero-order chi connectivity index (χ0) is 21.2. The van der Waals surface area contributed by atoms with Gasteiger partial charge in [-0.25, -0.2) is 14.4 Å². The number of hydrogen-bond acceptors (Lipinski definition) is 4. The van der Waals surface area contributed by atoms with Crippen LogP contribution >= 0.6 is 0 Å². The Morgan fingerprint density at radius 1 is 1.10 bits per heavy atom. The molecule has 1 aromatic carbocycles. The van der Waals surface area contributed by atoms with Crippen LogP contribution in [0.2, 0.25) is 0 Å². The lowest BCUT2D eigenvalue weighted by Gasteiger charge is -2.37. The zero-order valence-electron chi connectivity index (χ0n) is 18.1. The number of aromatic nitrogens is 2. The molecule has 0 aliphatic carbocycles. The molecular formula is C23H31FN4O. The third kappa shape index (κ3) is 4.74. The minimum Gasteiger partial charge on any atom is -0.353 e. The number of carbonyl (C=O) groups is 1. The van der Waals surface area contributed by atoms with Gasteiger partial charge in [-0.05, 0) is 18.6 Å². The van der Waals surface area contributed by atoms with Crippen LogP contribution in [0.3, 0.4) is 0 Å². The van der Waals surface area contributed by atoms with Gasteiger partial charge in [0, 0.05) is 50.0 Å². The molecule has 0 bridgehead atoms. The van der Waals surface area contributed by atoms with Crippen molar-refractivity contribution >= 4 is 11.7 Å². The number of rotatable bonds is 4. The molecule has 0 N–H and O–H groups in total. The monoisotopic (exact) mass is 398 g/mol. The fourth-order valence-electron chi connectivity index (χ4n) is 3.85. The molecule has 0 spiro atoms. The quantitative estimate of drug-likeness (QED) is 0.784. The second kappa shape index (κ2) is 8.47. The third-order valence-corrected chi connectivity index (χ3v) is 5.37. The molecule has 6 heteroatoms. The van der Waals surface area contributed by atoms with Gasteiger partial charge in [-0.1, -0.05) is 45.9 Å². The van der Waals surface area contributed by atoms with Crippen molar-refractivity contribution in [3.8, 4) is 0 Å². The van der Waals surface area contributed by atoms with Crippen molar-refractivity contribution in [1.82, 2.24) is 14.9 Å². The first-order valence-corrected chi connectivity index (χ1v) is 10.3. The molecule has 1 amide bonds. The van der Waals surface area contributed by atoms with Crippen molar-refractivity contribution < 1.29 is 9.18 Å². The van der Waals surface area contributed by atoms with Crippen molar-refractivity contribution in [2.45, 2.75) is 52.9 Å². The van der Waals surface area contributed by atoms with E-state index in [4.69, 9.17) is 9.97 Å². The number of halogens is 1. The van der Waals surface area contributed by atoms with Crippen LogP contribution in [0, 0.1) is 12.7 Å². The van der Waals surface area contributed by atoms with Crippen LogP contribution in [-0.2, 0) is 16.6 Å². The molecule has 156 valence electrons. The summed E-state index contributed by atoms with van der Waals surface area (Å²) in [5, 5.41) is 0. The topological polar surface area (TPSA) is 49.3 Å². The van der Waals surface area contributed by atoms with E-state index in [0.717, 1.165) is 30.2 Å². The van der Waals surface area contributed by atoms with Crippen LogP contribution in [-0.4, -0.2) is 47.0 Å². The van der Waals surface area contributed by atoms with Gasteiger partial charge in [0.25, 0.3) is 0 Å². The second-order valence-corrected chi connectivity index (χ2v) is 8.66. The maximum atomic E-state index is 14.4. The summed E-state index contributed by atoms with van der Waals surface area (Å²) >= 11 is 0. The fraction of sp³-hybridized carbons (Fsp3) is 0.522. The Balaban J connectivity index is 2.01. The highest BCUT2D eigenvalue weighted by Gasteiger charge is 2.29. The molecule has 0 atom stereocenters. The maximum absolute atomic E-state index is 14.4. The summed E-state index contributed by atoms with van der Waals surface area (Å²) in [7, 11) is 0. The van der Waals surface area contributed by atoms with E-state index in [2.05, 4.69) is 25.7 Å². The molecule has 0 radical (unpaired) electrons. The van der Waals surface area contributed by atoms with Crippen LogP contribution < -0.4 is 4.90 Å². The molecule has 1 saturated heterocycles. The largest absolute Gasteiger partial charge is 0.353 e. The molecule has 2 heterocycles. The molecule has 1 aliphatic rings. The van der Waals surface area contributed by atoms with Gasteiger partial charge in [-0.3, -0.25) is 4.79 Å². The summed E-state index contributed by atoms with van der Waals surface area (Å²) in [6.07, 6.45) is 0.975. The SMILES string of the molecule is CCC(=O)N1CCN(c2nc(C)nc(C(C)(C)C)c2Cc2ccccc2F)CC1. The molecule has 3 rings (SSSR count). The van der Waals surface area contributed by atoms with Crippen molar-refractivity contribution in [2.75, 3.05) is 31.1 Å². The van der Waals surface area contributed by atoms with Gasteiger partial charge in [0.15, 0.2) is 0 Å². The summed E-state index contributed by atoms with van der Waals surface area (Å²) in [5.74, 6) is 1.56. The lowest BCUT2D eigenvalue weighted by Crippen LogP contribution is -2.49. The van der Waals surface area contributed by atoms with E-state index in [1.54, 1.807) is 6.07 Å². The lowest BCUT2D eigenvalue weighted by atomic mass is 9.86. The van der Waals surface area contributed by atoms with Gasteiger partial charge < -0.3 is 9.80 Å². The number of aryl methyl sites for hydroxylation is 1. The molecule has 1 aliphatic heterocycles. The van der Waals surface area contributed by atoms with E-state index in [0.29, 0.717) is 37.3 Å². The molecule has 5 nitrogen and oxygen atoms in total. The highest BCUT2D eigenvalue weighted by molar-refractivity contribution is 5.76. The summed E-state index contributed by atoms with van der Waals surface area (Å²) in [4.78, 5) is 25.7. The Bertz CT molecular complexity index is 883. The number of benzene rings is 1. The standard InChI is InChI=1S/C23H31FN4O/c1-6-20(29)27-11-13-28(14-12-27)22-18(15-17-9-7-8-10-19(17)24)21(23(3,4)5)25-16(2)26-22/h7-10H,6,11-15H2,1-5H3. The Labute approximate surface area is 173 Å². The highest BCUT2D eigenvalue weighted by Crippen LogP contribution is 2.32. The predicted molar refractivity (Wildman–Crippen MR) is 114 cm³/mol. The zero-order valence-corrected chi connectivity index (χ0v) is 18.1. The Morgan fingerprint density at radius 3 is 2.34 bits per heavy atom. The Morgan fingerprint density at radius 2 is 1.76 bits per heavy atom. The van der Waals surface area contributed by atoms with Gasteiger partial charge in [0.05, 0.1) is 5.69 Å². The average Bonchev–Trinajstić information content (AvgIpc) is 2.69. The first-order chi connectivity index (χ1) is 13.7. The van der Waals surface area contributed by atoms with Gasteiger partial charge in [-0.2, -0.15) is 0 Å². The minimum atomic E-state index is -0.211. The molecule has 2 aromatic rings. The number of hydrogen-bond donors (Lipinski definition) is 0. The summed E-state index contributed by atoms with van der Waals surface area (Å²) < 4.78 is 14.4. The predicted octanol–water partition coefficient (Wildman–Crippen LogP) is 3.87. The maximum Gasteiger partial charge on any atom is 0.222 e. The fourth-order valence-corrected chi connectivity index (χ4v) is 3.85. The average molecular weight is 399 g/mol. The summed E-state index contributed by atoms with van der Waals surface area (Å²) in [6.45, 7) is 13.0. The van der Waals surface area contributed by atoms with Crippen molar-refractivity contribution in [2.24, 2.45) is 0 Å². The molecule has 1 fully saturated rings. The van der Waals surface area contributed by atoms with E-state index in [1.807, 2.05) is 30.9 Å². The normalized spacial score (nSPS) is 15.0. The number of piperazine rings is 1. The number of anilines is 1. The van der Waals surface area contributed by atoms with Crippen LogP contribution in [0.1, 0.15) is 56.8 Å². The van der Waals surface area contributed by atoms with Crippen LogP contribution in [0.5, 0.6) is 0 Å². The van der Waals surface area contributed by atoms with Gasteiger partial charge in [0.2, 0.25) is 5.91 Å². The van der Waals surface area contributed by atoms with E-state index >= 15 is 0 Å². The molecular weight excluding hydrogens is 367 g/mol. The smallest absolute Gasteiger partial charge is 0.222 e. The first kappa shape index (κ1) is 21.2. The Kier molecular flexibility index (Phi) is 6.20. The third-order valence-electron chi connectivity index (χ3n) is 5.37. The summed E-state index contributed by atoms with van der Waals surface area (Å²) in [6, 6.07) is 6.89. The van der Waals surface area contributed by atoms with Crippen LogP contribution in [0.25, 0.3) is 0 Å². The van der Waals surface area contributed by atoms with Crippen molar-refractivity contribution in [3.63, 3.8) is 0 Å². The number of nitrogens with zero attached hydrogens (tertiary/aromatic N) is 4. The van der Waals surface area contributed by atoms with Crippen molar-refractivity contribution in [1.29, 1.82) is 0 Å². The van der Waals surface area contributed by atoms with Gasteiger partial charge in [-0.15, -0.1) is 0 Å². The minimum absolute atomic E-state index is 0.186. The molecule has 0 unspecified atom stereocenters. The van der Waals surface area contributed by atoms with Crippen LogP contribution in [0.15, 0.2) is 24.3 Å². The van der Waals surface area contributed by atoms with E-state index in [1.165, 1.54) is 6.07 Å². The van der Waals surface area contributed by atoms with Gasteiger partial charge >= 0.3 is 0 Å². The molecule has 29 heavy (non-hydrogen) atoms. The molecule has 0 saturated carbocycles. The first-order valence-electron chi connectivity index (χ1n) is 10.3. The van der Waals surface area contributed by atoms with Gasteiger partial charge in [0.1, 0.15) is 17.5 Å². The number of carbonyl (C=O) groups excluding carboxylic acids is 1. The molecule has 1 aromatic heterocycles. The van der Waals surface area contributed by atoms with E-state index < -0.39 is 0 Å².